The minimum Gasteiger partial charge on any atom is -0.492 e. The second-order valence-electron chi connectivity index (χ2n) is 15.8. The highest BCUT2D eigenvalue weighted by atomic mass is 32.2. The summed E-state index contributed by atoms with van der Waals surface area (Å²) in [5.41, 5.74) is 5.15. The standard InChI is InChI=1S/C44H60N6O8S3/c1-35-9-8-10-39(45-35)26-31-50-29-24-38(25-30-50)44(51)37-13-17-42(18-14-37)48-61(56,57)34-7-5-4-6-27-49(28-23-36-11-15-40(16-12-36)46-59(2,52)53)32-33-58-43-21-19-41(20-22-43)47-60(3,54)55/h8-22,38,46-48H,4-7,23-34H2,1-3H3. The number of ether oxygens (including phenoxy) is 1. The molecule has 0 atom stereocenters. The van der Waals surface area contributed by atoms with E-state index in [4.69, 9.17) is 4.74 Å². The number of aryl methyl sites for hydroxylation is 1. The second kappa shape index (κ2) is 22.5. The van der Waals surface area contributed by atoms with Gasteiger partial charge in [-0.1, -0.05) is 31.0 Å². The van der Waals surface area contributed by atoms with Crippen molar-refractivity contribution in [3.63, 3.8) is 0 Å². The van der Waals surface area contributed by atoms with Crippen LogP contribution in [0.2, 0.25) is 0 Å². The van der Waals surface area contributed by atoms with Crippen molar-refractivity contribution < 1.29 is 34.8 Å². The third kappa shape index (κ3) is 17.8. The molecule has 0 aliphatic carbocycles. The number of sulfonamides is 3. The first-order valence-corrected chi connectivity index (χ1v) is 26.2. The topological polar surface area (TPSA) is 184 Å². The van der Waals surface area contributed by atoms with Crippen LogP contribution in [0.15, 0.2) is 91.0 Å². The van der Waals surface area contributed by atoms with Crippen molar-refractivity contribution in [2.75, 3.05) is 78.3 Å². The molecule has 14 nitrogen and oxygen atoms in total. The number of carbonyl (C=O) groups excluding carboxylic acids is 1. The van der Waals surface area contributed by atoms with Crippen molar-refractivity contribution in [1.82, 2.24) is 14.8 Å². The van der Waals surface area contributed by atoms with Gasteiger partial charge in [0.2, 0.25) is 30.1 Å². The first-order valence-electron chi connectivity index (χ1n) is 20.8. The van der Waals surface area contributed by atoms with E-state index in [1.54, 1.807) is 60.7 Å². The van der Waals surface area contributed by atoms with Gasteiger partial charge >= 0.3 is 0 Å². The second-order valence-corrected chi connectivity index (χ2v) is 21.2. The van der Waals surface area contributed by atoms with Crippen LogP contribution in [-0.4, -0.2) is 110 Å². The van der Waals surface area contributed by atoms with Gasteiger partial charge in [-0.2, -0.15) is 0 Å². The largest absolute Gasteiger partial charge is 0.492 e. The van der Waals surface area contributed by atoms with E-state index in [1.807, 2.05) is 31.2 Å². The lowest BCUT2D eigenvalue weighted by atomic mass is 9.89. The molecule has 1 aliphatic heterocycles. The summed E-state index contributed by atoms with van der Waals surface area (Å²) in [4.78, 5) is 22.5. The number of Topliss-reactive ketones (excluding diaryl/α,β-unsaturated/α-hetero) is 1. The van der Waals surface area contributed by atoms with Gasteiger partial charge in [0.15, 0.2) is 5.78 Å². The van der Waals surface area contributed by atoms with Gasteiger partial charge in [0.1, 0.15) is 12.4 Å². The number of hydrogen-bond donors (Lipinski definition) is 3. The van der Waals surface area contributed by atoms with Crippen LogP contribution in [-0.2, 0) is 42.9 Å². The summed E-state index contributed by atoms with van der Waals surface area (Å²) in [5, 5.41) is 0. The number of nitrogens with zero attached hydrogens (tertiary/aromatic N) is 3. The SMILES string of the molecule is Cc1cccc(CCN2CCC(C(=O)c3ccc(NS(=O)(=O)CCCCCCN(CCOc4ccc(NS(C)(=O)=O)cc4)CCc4ccc(NS(C)(=O)=O)cc4)cc3)CC2)n1. The minimum atomic E-state index is -3.57. The molecule has 4 aromatic rings. The Balaban J connectivity index is 1.02. The predicted molar refractivity (Wildman–Crippen MR) is 244 cm³/mol. The number of hydrogen-bond acceptors (Lipinski definition) is 11. The van der Waals surface area contributed by atoms with Gasteiger partial charge in [-0.05, 0) is 137 Å². The molecule has 3 aromatic carbocycles. The molecule has 332 valence electrons. The molecule has 3 N–H and O–H groups in total. The normalized spacial score (nSPS) is 14.2. The van der Waals surface area contributed by atoms with Crippen molar-refractivity contribution in [1.29, 1.82) is 0 Å². The highest BCUT2D eigenvalue weighted by Gasteiger charge is 2.26. The lowest BCUT2D eigenvalue weighted by molar-refractivity contribution is 0.0841. The lowest BCUT2D eigenvalue weighted by Crippen LogP contribution is -2.37. The van der Waals surface area contributed by atoms with E-state index >= 15 is 0 Å². The maximum atomic E-state index is 13.3. The van der Waals surface area contributed by atoms with Crippen molar-refractivity contribution in [2.45, 2.75) is 58.3 Å². The van der Waals surface area contributed by atoms with Gasteiger partial charge < -0.3 is 9.64 Å². The van der Waals surface area contributed by atoms with Gasteiger partial charge in [0.25, 0.3) is 0 Å². The molecule has 0 amide bonds. The van der Waals surface area contributed by atoms with Crippen LogP contribution in [0.25, 0.3) is 0 Å². The van der Waals surface area contributed by atoms with Gasteiger partial charge in [0, 0.05) is 66.0 Å². The molecule has 17 heteroatoms. The van der Waals surface area contributed by atoms with Crippen molar-refractivity contribution in [3.8, 4) is 5.75 Å². The Morgan fingerprint density at radius 2 is 1.30 bits per heavy atom. The molecule has 0 spiro atoms. The Morgan fingerprint density at radius 3 is 1.92 bits per heavy atom. The van der Waals surface area contributed by atoms with Gasteiger partial charge in [-0.3, -0.25) is 28.8 Å². The number of benzene rings is 3. The third-order valence-corrected chi connectivity index (χ3v) is 13.1. The lowest BCUT2D eigenvalue weighted by Gasteiger charge is -2.31. The Kier molecular flexibility index (Phi) is 17.5. The minimum absolute atomic E-state index is 0.00751. The van der Waals surface area contributed by atoms with E-state index in [9.17, 15) is 30.0 Å². The quantitative estimate of drug-likeness (QED) is 0.0509. The third-order valence-electron chi connectivity index (χ3n) is 10.5. The number of anilines is 3. The fraction of sp³-hybridized carbons (Fsp3) is 0.455. The first-order chi connectivity index (χ1) is 29.0. The molecular weight excluding hydrogens is 837 g/mol. The monoisotopic (exact) mass is 896 g/mol. The zero-order valence-corrected chi connectivity index (χ0v) is 37.8. The van der Waals surface area contributed by atoms with E-state index in [1.165, 1.54) is 0 Å². The number of unbranched alkanes of at least 4 members (excludes halogenated alkanes) is 3. The molecule has 1 aliphatic rings. The molecule has 61 heavy (non-hydrogen) atoms. The summed E-state index contributed by atoms with van der Waals surface area (Å²) in [6, 6.07) is 26.8. The van der Waals surface area contributed by atoms with Gasteiger partial charge in [-0.25, -0.2) is 25.3 Å². The number of aromatic nitrogens is 1. The van der Waals surface area contributed by atoms with Crippen molar-refractivity contribution >= 4 is 52.9 Å². The zero-order chi connectivity index (χ0) is 43.9. The van der Waals surface area contributed by atoms with E-state index in [-0.39, 0.29) is 17.5 Å². The van der Waals surface area contributed by atoms with Crippen LogP contribution in [0.4, 0.5) is 17.1 Å². The summed E-state index contributed by atoms with van der Waals surface area (Å²) in [7, 11) is -10.3. The maximum absolute atomic E-state index is 13.3. The molecule has 1 saturated heterocycles. The molecule has 0 saturated carbocycles. The summed E-state index contributed by atoms with van der Waals surface area (Å²) >= 11 is 0. The number of carbonyl (C=O) groups is 1. The van der Waals surface area contributed by atoms with Crippen molar-refractivity contribution in [3.05, 3.63) is 114 Å². The van der Waals surface area contributed by atoms with E-state index in [0.29, 0.717) is 47.9 Å². The molecule has 2 heterocycles. The number of piperidine rings is 1. The van der Waals surface area contributed by atoms with Crippen LogP contribution < -0.4 is 18.9 Å². The van der Waals surface area contributed by atoms with E-state index in [2.05, 4.69) is 35.0 Å². The Labute approximate surface area is 362 Å². The van der Waals surface area contributed by atoms with Crippen LogP contribution in [0.5, 0.6) is 5.75 Å². The summed E-state index contributed by atoms with van der Waals surface area (Å²) in [6.07, 6.45) is 8.37. The fourth-order valence-corrected chi connectivity index (χ4v) is 9.59. The molecule has 0 unspecified atom stereocenters. The summed E-state index contributed by atoms with van der Waals surface area (Å²) < 4.78 is 85.7. The van der Waals surface area contributed by atoms with E-state index < -0.39 is 30.1 Å². The Bertz CT molecular complexity index is 2340. The number of ketones is 1. The van der Waals surface area contributed by atoms with Gasteiger partial charge in [-0.15, -0.1) is 0 Å². The highest BCUT2D eigenvalue weighted by molar-refractivity contribution is 7.92. The predicted octanol–water partition coefficient (Wildman–Crippen LogP) is 6.20. The number of likely N-dealkylation sites (tertiary alicyclic amines) is 1. The molecule has 0 radical (unpaired) electrons. The number of rotatable bonds is 25. The van der Waals surface area contributed by atoms with Crippen LogP contribution >= 0.6 is 0 Å². The Morgan fingerprint density at radius 1 is 0.705 bits per heavy atom. The number of pyridine rings is 1. The summed E-state index contributed by atoms with van der Waals surface area (Å²) in [5.74, 6) is 0.670. The summed E-state index contributed by atoms with van der Waals surface area (Å²) in [6.45, 7) is 7.19. The molecule has 1 fully saturated rings. The number of nitrogens with one attached hydrogen (secondary N) is 3. The smallest absolute Gasteiger partial charge is 0.232 e. The van der Waals surface area contributed by atoms with E-state index in [0.717, 1.165) is 107 Å². The molecule has 0 bridgehead atoms. The highest BCUT2D eigenvalue weighted by Crippen LogP contribution is 2.24. The van der Waals surface area contributed by atoms with Crippen LogP contribution in [0, 0.1) is 12.8 Å². The van der Waals surface area contributed by atoms with Gasteiger partial charge in [0.05, 0.1) is 18.3 Å². The van der Waals surface area contributed by atoms with Crippen molar-refractivity contribution in [2.24, 2.45) is 5.92 Å². The average molecular weight is 897 g/mol. The molecule has 5 rings (SSSR count). The maximum Gasteiger partial charge on any atom is 0.232 e. The van der Waals surface area contributed by atoms with Crippen LogP contribution in [0.3, 0.4) is 0 Å². The molecular formula is C44H60N6O8S3. The average Bonchev–Trinajstić information content (AvgIpc) is 3.20. The molecule has 1 aromatic heterocycles. The fourth-order valence-electron chi connectivity index (χ4n) is 7.28. The Hall–Kier alpha value is -4.55. The first kappa shape index (κ1) is 47.5. The van der Waals surface area contributed by atoms with Crippen LogP contribution in [0.1, 0.15) is 65.8 Å². The zero-order valence-electron chi connectivity index (χ0n) is 35.4.